The van der Waals surface area contributed by atoms with E-state index in [1.165, 1.54) is 5.56 Å². The van der Waals surface area contributed by atoms with Gasteiger partial charge in [0.05, 0.1) is 0 Å². The molecule has 2 rings (SSSR count). The highest BCUT2D eigenvalue weighted by Crippen LogP contribution is 2.19. The van der Waals surface area contributed by atoms with Crippen molar-refractivity contribution in [1.29, 1.82) is 0 Å². The number of phenols is 1. The van der Waals surface area contributed by atoms with Gasteiger partial charge in [0, 0.05) is 6.42 Å². The van der Waals surface area contributed by atoms with Crippen molar-refractivity contribution >= 4 is 0 Å². The van der Waals surface area contributed by atoms with E-state index in [4.69, 9.17) is 0 Å². The predicted molar refractivity (Wildman–Crippen MR) is 61.0 cm³/mol. The standard InChI is InChI=1S/C13H12O.H2O/c14-13-9-5-4-8-12(13)10-11-6-2-1-3-7-11;/h1-9,14H,10H2;1H2. The molecule has 2 aromatic rings. The molecule has 2 aromatic carbocycles. The Morgan fingerprint density at radius 1 is 0.800 bits per heavy atom. The summed E-state index contributed by atoms with van der Waals surface area (Å²) in [6, 6.07) is 17.6. The molecule has 0 spiro atoms. The topological polar surface area (TPSA) is 51.7 Å². The Hall–Kier alpha value is -1.80. The Kier molecular flexibility index (Phi) is 3.89. The molecule has 0 unspecified atom stereocenters. The van der Waals surface area contributed by atoms with Crippen molar-refractivity contribution in [2.24, 2.45) is 0 Å². The normalized spacial score (nSPS) is 9.33. The average molecular weight is 202 g/mol. The summed E-state index contributed by atoms with van der Waals surface area (Å²) in [6.07, 6.45) is 0.785. The van der Waals surface area contributed by atoms with Crippen LogP contribution in [0.1, 0.15) is 11.1 Å². The fourth-order valence-corrected chi connectivity index (χ4v) is 1.48. The first kappa shape index (κ1) is 11.3. The predicted octanol–water partition coefficient (Wildman–Crippen LogP) is 2.16. The maximum absolute atomic E-state index is 9.57. The Labute approximate surface area is 89.1 Å². The number of para-hydroxylation sites is 1. The lowest BCUT2D eigenvalue weighted by molar-refractivity contribution is 0.469. The third-order valence-corrected chi connectivity index (χ3v) is 2.23. The molecule has 0 atom stereocenters. The van der Waals surface area contributed by atoms with E-state index in [9.17, 15) is 5.11 Å². The highest BCUT2D eigenvalue weighted by molar-refractivity contribution is 5.36. The van der Waals surface area contributed by atoms with Crippen molar-refractivity contribution < 1.29 is 10.6 Å². The molecule has 0 aliphatic rings. The Bertz CT molecular complexity index is 410. The van der Waals surface area contributed by atoms with Crippen LogP contribution in [0, 0.1) is 0 Å². The zero-order chi connectivity index (χ0) is 9.80. The number of phenolic OH excluding ortho intramolecular Hbond substituents is 1. The minimum atomic E-state index is 0. The Morgan fingerprint density at radius 2 is 1.40 bits per heavy atom. The van der Waals surface area contributed by atoms with Crippen molar-refractivity contribution in [2.45, 2.75) is 6.42 Å². The van der Waals surface area contributed by atoms with Gasteiger partial charge in [0.25, 0.3) is 0 Å². The summed E-state index contributed by atoms with van der Waals surface area (Å²) in [6.45, 7) is 0. The lowest BCUT2D eigenvalue weighted by Crippen LogP contribution is -1.87. The van der Waals surface area contributed by atoms with Crippen LogP contribution in [-0.2, 0) is 6.42 Å². The fourth-order valence-electron chi connectivity index (χ4n) is 1.48. The van der Waals surface area contributed by atoms with Crippen LogP contribution in [0.3, 0.4) is 0 Å². The summed E-state index contributed by atoms with van der Waals surface area (Å²) in [5.41, 5.74) is 2.19. The molecule has 0 saturated heterocycles. The first-order valence-electron chi connectivity index (χ1n) is 4.67. The lowest BCUT2D eigenvalue weighted by Gasteiger charge is -2.03. The molecule has 2 heteroatoms. The number of rotatable bonds is 2. The van der Waals surface area contributed by atoms with E-state index in [1.807, 2.05) is 36.4 Å². The van der Waals surface area contributed by atoms with E-state index in [0.29, 0.717) is 5.75 Å². The molecule has 0 bridgehead atoms. The highest BCUT2D eigenvalue weighted by atomic mass is 16.3. The molecule has 0 radical (unpaired) electrons. The smallest absolute Gasteiger partial charge is 0.119 e. The van der Waals surface area contributed by atoms with Gasteiger partial charge in [0.2, 0.25) is 0 Å². The number of aromatic hydroxyl groups is 1. The first-order valence-corrected chi connectivity index (χ1v) is 4.67. The zero-order valence-electron chi connectivity index (χ0n) is 8.35. The third kappa shape index (κ3) is 2.82. The lowest BCUT2D eigenvalue weighted by atomic mass is 10.0. The molecule has 0 saturated carbocycles. The minimum Gasteiger partial charge on any atom is -0.508 e. The second-order valence-electron chi connectivity index (χ2n) is 3.29. The van der Waals surface area contributed by atoms with Gasteiger partial charge in [0.1, 0.15) is 5.75 Å². The van der Waals surface area contributed by atoms with E-state index in [2.05, 4.69) is 12.1 Å². The average Bonchev–Trinajstić information content (AvgIpc) is 2.23. The molecule has 78 valence electrons. The van der Waals surface area contributed by atoms with E-state index < -0.39 is 0 Å². The quantitative estimate of drug-likeness (QED) is 0.797. The van der Waals surface area contributed by atoms with Crippen LogP contribution in [-0.4, -0.2) is 10.6 Å². The minimum absolute atomic E-state index is 0. The largest absolute Gasteiger partial charge is 0.508 e. The van der Waals surface area contributed by atoms with Gasteiger partial charge in [-0.05, 0) is 17.2 Å². The number of hydrogen-bond donors (Lipinski definition) is 1. The molecule has 2 nitrogen and oxygen atoms in total. The Balaban J connectivity index is 0.00000112. The molecule has 0 fully saturated rings. The molecule has 15 heavy (non-hydrogen) atoms. The van der Waals surface area contributed by atoms with Gasteiger partial charge >= 0.3 is 0 Å². The van der Waals surface area contributed by atoms with Crippen molar-refractivity contribution in [2.75, 3.05) is 0 Å². The van der Waals surface area contributed by atoms with Gasteiger partial charge in [0.15, 0.2) is 0 Å². The molecule has 0 amide bonds. The van der Waals surface area contributed by atoms with Crippen LogP contribution >= 0.6 is 0 Å². The number of hydrogen-bond acceptors (Lipinski definition) is 1. The summed E-state index contributed by atoms with van der Waals surface area (Å²) in [4.78, 5) is 0. The monoisotopic (exact) mass is 202 g/mol. The fraction of sp³-hybridized carbons (Fsp3) is 0.0769. The summed E-state index contributed by atoms with van der Waals surface area (Å²) < 4.78 is 0. The summed E-state index contributed by atoms with van der Waals surface area (Å²) in [5, 5.41) is 9.57. The molecular formula is C13H14O2. The maximum atomic E-state index is 9.57. The van der Waals surface area contributed by atoms with Crippen LogP contribution in [0.25, 0.3) is 0 Å². The van der Waals surface area contributed by atoms with Gasteiger partial charge in [-0.2, -0.15) is 0 Å². The SMILES string of the molecule is O.Oc1ccccc1Cc1ccccc1. The second-order valence-corrected chi connectivity index (χ2v) is 3.29. The summed E-state index contributed by atoms with van der Waals surface area (Å²) in [7, 11) is 0. The zero-order valence-corrected chi connectivity index (χ0v) is 8.35. The van der Waals surface area contributed by atoms with Crippen molar-refractivity contribution in [3.8, 4) is 5.75 Å². The molecular weight excluding hydrogens is 188 g/mol. The van der Waals surface area contributed by atoms with Crippen LogP contribution in [0.5, 0.6) is 5.75 Å². The van der Waals surface area contributed by atoms with Crippen LogP contribution < -0.4 is 0 Å². The third-order valence-electron chi connectivity index (χ3n) is 2.23. The van der Waals surface area contributed by atoms with Gasteiger partial charge in [-0.15, -0.1) is 0 Å². The van der Waals surface area contributed by atoms with E-state index in [1.54, 1.807) is 6.07 Å². The molecule has 0 aliphatic heterocycles. The molecule has 0 heterocycles. The van der Waals surface area contributed by atoms with Gasteiger partial charge in [-0.1, -0.05) is 48.5 Å². The van der Waals surface area contributed by atoms with E-state index in [-0.39, 0.29) is 5.48 Å². The van der Waals surface area contributed by atoms with Crippen LogP contribution in [0.4, 0.5) is 0 Å². The van der Waals surface area contributed by atoms with Crippen molar-refractivity contribution in [1.82, 2.24) is 0 Å². The first-order chi connectivity index (χ1) is 6.86. The summed E-state index contributed by atoms with van der Waals surface area (Å²) >= 11 is 0. The van der Waals surface area contributed by atoms with Crippen molar-refractivity contribution in [3.05, 3.63) is 65.7 Å². The van der Waals surface area contributed by atoms with Gasteiger partial charge < -0.3 is 10.6 Å². The molecule has 0 aromatic heterocycles. The second kappa shape index (κ2) is 5.17. The van der Waals surface area contributed by atoms with Crippen LogP contribution in [0.15, 0.2) is 54.6 Å². The number of benzene rings is 2. The Morgan fingerprint density at radius 3 is 2.07 bits per heavy atom. The van der Waals surface area contributed by atoms with Crippen molar-refractivity contribution in [3.63, 3.8) is 0 Å². The maximum Gasteiger partial charge on any atom is 0.119 e. The van der Waals surface area contributed by atoms with Gasteiger partial charge in [-0.3, -0.25) is 0 Å². The highest BCUT2D eigenvalue weighted by Gasteiger charge is 1.99. The molecule has 3 N–H and O–H groups in total. The van der Waals surface area contributed by atoms with Gasteiger partial charge in [-0.25, -0.2) is 0 Å². The van der Waals surface area contributed by atoms with E-state index >= 15 is 0 Å². The summed E-state index contributed by atoms with van der Waals surface area (Å²) in [5.74, 6) is 0.372. The van der Waals surface area contributed by atoms with E-state index in [0.717, 1.165) is 12.0 Å². The molecule has 0 aliphatic carbocycles. The van der Waals surface area contributed by atoms with Crippen LogP contribution in [0.2, 0.25) is 0 Å².